The Morgan fingerprint density at radius 2 is 1.89 bits per heavy atom. The summed E-state index contributed by atoms with van der Waals surface area (Å²) in [5, 5.41) is 0. The molecule has 4 nitrogen and oxygen atoms in total. The maximum Gasteiger partial charge on any atom is 0.393 e. The third kappa shape index (κ3) is 4.48. The number of alkyl halides is 3. The lowest BCUT2D eigenvalue weighted by molar-refractivity contribution is -0.168. The predicted molar refractivity (Wildman–Crippen MR) is 93.6 cm³/mol. The number of hydrogen-bond donors (Lipinski definition) is 0. The minimum absolute atomic E-state index is 0.0113. The van der Waals surface area contributed by atoms with Crippen molar-refractivity contribution in [1.82, 2.24) is 9.97 Å². The number of hydrogen-bond acceptors (Lipinski definition) is 4. The normalized spacial score (nSPS) is 18.0. The summed E-state index contributed by atoms with van der Waals surface area (Å²) in [7, 11) is 0. The zero-order chi connectivity index (χ0) is 19.8. The third-order valence-electron chi connectivity index (χ3n) is 4.52. The van der Waals surface area contributed by atoms with E-state index in [2.05, 4.69) is 9.97 Å². The first kappa shape index (κ1) is 19.4. The van der Waals surface area contributed by atoms with E-state index in [-0.39, 0.29) is 48.3 Å². The molecule has 2 aromatic rings. The highest BCUT2D eigenvalue weighted by Gasteiger charge is 2.44. The molecule has 0 N–H and O–H groups in total. The van der Waals surface area contributed by atoms with E-state index in [1.807, 2.05) is 20.8 Å². The molecule has 1 aliphatic rings. The number of rotatable bonds is 3. The SMILES string of the molecule is CC(C)(C)c1ccc(Oc2ccnc(N3CCC(C(F)(F)F)C3)n2)cc1F. The van der Waals surface area contributed by atoms with Gasteiger partial charge in [-0.25, -0.2) is 9.37 Å². The minimum Gasteiger partial charge on any atom is -0.439 e. The molecule has 1 aromatic carbocycles. The van der Waals surface area contributed by atoms with Crippen LogP contribution < -0.4 is 9.64 Å². The molecule has 2 heterocycles. The predicted octanol–water partition coefficient (Wildman–Crippen LogP) is 5.09. The van der Waals surface area contributed by atoms with Gasteiger partial charge in [0.1, 0.15) is 11.6 Å². The van der Waals surface area contributed by atoms with E-state index >= 15 is 0 Å². The van der Waals surface area contributed by atoms with Crippen LogP contribution >= 0.6 is 0 Å². The van der Waals surface area contributed by atoms with Crippen LogP contribution in [0.5, 0.6) is 11.6 Å². The van der Waals surface area contributed by atoms with Crippen molar-refractivity contribution < 1.29 is 22.3 Å². The van der Waals surface area contributed by atoms with Crippen molar-refractivity contribution in [2.45, 2.75) is 38.8 Å². The van der Waals surface area contributed by atoms with Gasteiger partial charge in [-0.05, 0) is 23.5 Å². The molecule has 0 saturated carbocycles. The molecule has 8 heteroatoms. The van der Waals surface area contributed by atoms with Gasteiger partial charge in [0.2, 0.25) is 11.8 Å². The standard InChI is InChI=1S/C19H21F4N3O/c1-18(2,3)14-5-4-13(10-15(14)20)27-16-6-8-24-17(25-16)26-9-7-12(11-26)19(21,22)23/h4-6,8,10,12H,7,9,11H2,1-3H3. The number of ether oxygens (including phenoxy) is 1. The summed E-state index contributed by atoms with van der Waals surface area (Å²) in [6.45, 7) is 5.77. The van der Waals surface area contributed by atoms with Crippen molar-refractivity contribution in [3.05, 3.63) is 41.8 Å². The van der Waals surface area contributed by atoms with Crippen molar-refractivity contribution >= 4 is 5.95 Å². The Hall–Kier alpha value is -2.38. The number of aromatic nitrogens is 2. The molecule has 1 atom stereocenters. The van der Waals surface area contributed by atoms with Gasteiger partial charge >= 0.3 is 6.18 Å². The van der Waals surface area contributed by atoms with Gasteiger partial charge in [0.05, 0.1) is 5.92 Å². The number of nitrogens with zero attached hydrogens (tertiary/aromatic N) is 3. The van der Waals surface area contributed by atoms with Gasteiger partial charge in [-0.15, -0.1) is 0 Å². The van der Waals surface area contributed by atoms with Crippen LogP contribution in [0, 0.1) is 11.7 Å². The highest BCUT2D eigenvalue weighted by Crippen LogP contribution is 2.35. The summed E-state index contributed by atoms with van der Waals surface area (Å²) in [6, 6.07) is 6.05. The molecule has 3 rings (SSSR count). The fourth-order valence-corrected chi connectivity index (χ4v) is 3.04. The molecule has 1 fully saturated rings. The molecule has 0 bridgehead atoms. The first-order valence-electron chi connectivity index (χ1n) is 8.66. The minimum atomic E-state index is -4.23. The Morgan fingerprint density at radius 1 is 1.15 bits per heavy atom. The Balaban J connectivity index is 1.74. The van der Waals surface area contributed by atoms with E-state index in [0.717, 1.165) is 0 Å². The van der Waals surface area contributed by atoms with Gasteiger partial charge in [-0.2, -0.15) is 18.2 Å². The van der Waals surface area contributed by atoms with Crippen LogP contribution in [0.15, 0.2) is 30.5 Å². The van der Waals surface area contributed by atoms with Crippen molar-refractivity contribution in [2.75, 3.05) is 18.0 Å². The maximum absolute atomic E-state index is 14.3. The van der Waals surface area contributed by atoms with Crippen LogP contribution in [-0.2, 0) is 5.41 Å². The second kappa shape index (κ2) is 6.98. The van der Waals surface area contributed by atoms with E-state index < -0.39 is 12.1 Å². The van der Waals surface area contributed by atoms with Crippen LogP contribution in [0.4, 0.5) is 23.5 Å². The lowest BCUT2D eigenvalue weighted by Gasteiger charge is -2.20. The molecule has 0 radical (unpaired) electrons. The summed E-state index contributed by atoms with van der Waals surface area (Å²) >= 11 is 0. The van der Waals surface area contributed by atoms with Crippen LogP contribution in [0.3, 0.4) is 0 Å². The summed E-state index contributed by atoms with van der Waals surface area (Å²) < 4.78 is 58.4. The van der Waals surface area contributed by atoms with Gasteiger partial charge in [-0.3, -0.25) is 0 Å². The first-order chi connectivity index (χ1) is 12.5. The number of benzene rings is 1. The van der Waals surface area contributed by atoms with Crippen LogP contribution in [0.2, 0.25) is 0 Å². The van der Waals surface area contributed by atoms with E-state index in [4.69, 9.17) is 4.74 Å². The molecule has 1 saturated heterocycles. The molecule has 1 aromatic heterocycles. The fourth-order valence-electron chi connectivity index (χ4n) is 3.04. The van der Waals surface area contributed by atoms with Crippen LogP contribution in [-0.4, -0.2) is 29.2 Å². The number of halogens is 4. The van der Waals surface area contributed by atoms with Gasteiger partial charge in [-0.1, -0.05) is 26.8 Å². The smallest absolute Gasteiger partial charge is 0.393 e. The molecule has 27 heavy (non-hydrogen) atoms. The molecule has 0 aliphatic carbocycles. The highest BCUT2D eigenvalue weighted by atomic mass is 19.4. The van der Waals surface area contributed by atoms with Crippen LogP contribution in [0.25, 0.3) is 0 Å². The summed E-state index contributed by atoms with van der Waals surface area (Å²) in [5.41, 5.74) is 0.226. The Labute approximate surface area is 155 Å². The lowest BCUT2D eigenvalue weighted by atomic mass is 9.87. The second-order valence-corrected chi connectivity index (χ2v) is 7.66. The van der Waals surface area contributed by atoms with E-state index in [9.17, 15) is 17.6 Å². The highest BCUT2D eigenvalue weighted by molar-refractivity contribution is 5.37. The largest absolute Gasteiger partial charge is 0.439 e. The molecular formula is C19H21F4N3O. The zero-order valence-electron chi connectivity index (χ0n) is 15.3. The average Bonchev–Trinajstić information content (AvgIpc) is 3.04. The van der Waals surface area contributed by atoms with E-state index in [1.54, 1.807) is 12.1 Å². The van der Waals surface area contributed by atoms with Crippen LogP contribution in [0.1, 0.15) is 32.8 Å². The average molecular weight is 383 g/mol. The van der Waals surface area contributed by atoms with Crippen molar-refractivity contribution in [3.63, 3.8) is 0 Å². The monoisotopic (exact) mass is 383 g/mol. The summed E-state index contributed by atoms with van der Waals surface area (Å²) in [4.78, 5) is 9.69. The van der Waals surface area contributed by atoms with Gasteiger partial charge in [0, 0.05) is 31.4 Å². The molecule has 146 valence electrons. The van der Waals surface area contributed by atoms with Crippen molar-refractivity contribution in [2.24, 2.45) is 5.92 Å². The molecule has 1 aliphatic heterocycles. The zero-order valence-corrected chi connectivity index (χ0v) is 15.3. The summed E-state index contributed by atoms with van der Waals surface area (Å²) in [6.07, 6.45) is -2.80. The number of anilines is 1. The Kier molecular flexibility index (Phi) is 5.01. The molecule has 0 amide bonds. The molecular weight excluding hydrogens is 362 g/mol. The van der Waals surface area contributed by atoms with E-state index in [0.29, 0.717) is 5.56 Å². The second-order valence-electron chi connectivity index (χ2n) is 7.66. The third-order valence-corrected chi connectivity index (χ3v) is 4.52. The topological polar surface area (TPSA) is 38.2 Å². The summed E-state index contributed by atoms with van der Waals surface area (Å²) in [5.74, 6) is -1.18. The van der Waals surface area contributed by atoms with E-state index in [1.165, 1.54) is 23.2 Å². The fraction of sp³-hybridized carbons (Fsp3) is 0.474. The van der Waals surface area contributed by atoms with Gasteiger partial charge < -0.3 is 9.64 Å². The molecule has 1 unspecified atom stereocenters. The van der Waals surface area contributed by atoms with Gasteiger partial charge in [0.15, 0.2) is 0 Å². The lowest BCUT2D eigenvalue weighted by Crippen LogP contribution is -2.28. The molecule has 0 spiro atoms. The quantitative estimate of drug-likeness (QED) is 0.692. The first-order valence-corrected chi connectivity index (χ1v) is 8.66. The van der Waals surface area contributed by atoms with Crippen molar-refractivity contribution in [3.8, 4) is 11.6 Å². The maximum atomic E-state index is 14.3. The Morgan fingerprint density at radius 3 is 2.48 bits per heavy atom. The Bertz CT molecular complexity index is 817. The van der Waals surface area contributed by atoms with Gasteiger partial charge in [0.25, 0.3) is 0 Å². The van der Waals surface area contributed by atoms with Crippen molar-refractivity contribution in [1.29, 1.82) is 0 Å².